The summed E-state index contributed by atoms with van der Waals surface area (Å²) in [6.45, 7) is 5.50. The molecule has 1 aromatic rings. The molecule has 0 aliphatic rings. The molecule has 1 rings (SSSR count). The molecule has 0 saturated heterocycles. The van der Waals surface area contributed by atoms with Gasteiger partial charge in [-0.05, 0) is 12.0 Å². The van der Waals surface area contributed by atoms with Crippen LogP contribution < -0.4 is 5.32 Å². The fourth-order valence-corrected chi connectivity index (χ4v) is 1.65. The van der Waals surface area contributed by atoms with Crippen LogP contribution >= 0.6 is 0 Å². The van der Waals surface area contributed by atoms with Crippen molar-refractivity contribution in [1.29, 1.82) is 0 Å². The summed E-state index contributed by atoms with van der Waals surface area (Å²) in [6.07, 6.45) is 0.422. The predicted octanol–water partition coefficient (Wildman–Crippen LogP) is 2.75. The lowest BCUT2D eigenvalue weighted by molar-refractivity contribution is -0.137. The van der Waals surface area contributed by atoms with Crippen LogP contribution in [0.3, 0.4) is 0 Å². The Balaban J connectivity index is 2.81. The molecule has 0 spiro atoms. The SMILES string of the molecule is CC(C)(C)C(=O)NC(CCC(=O)O)c1ccccc1. The van der Waals surface area contributed by atoms with Gasteiger partial charge >= 0.3 is 5.97 Å². The first-order valence-electron chi connectivity index (χ1n) is 6.38. The molecule has 0 aliphatic carbocycles. The summed E-state index contributed by atoms with van der Waals surface area (Å²) in [5, 5.41) is 11.7. The largest absolute Gasteiger partial charge is 0.481 e. The Labute approximate surface area is 113 Å². The Bertz CT molecular complexity index is 434. The van der Waals surface area contributed by atoms with Crippen LogP contribution in [0, 0.1) is 5.41 Å². The van der Waals surface area contributed by atoms with Crippen molar-refractivity contribution in [3.05, 3.63) is 35.9 Å². The topological polar surface area (TPSA) is 66.4 Å². The van der Waals surface area contributed by atoms with Crippen LogP contribution in [0.1, 0.15) is 45.2 Å². The van der Waals surface area contributed by atoms with Gasteiger partial charge in [0.2, 0.25) is 5.91 Å². The second kappa shape index (κ2) is 6.36. The maximum atomic E-state index is 12.0. The van der Waals surface area contributed by atoms with Crippen molar-refractivity contribution in [2.24, 2.45) is 5.41 Å². The monoisotopic (exact) mass is 263 g/mol. The van der Waals surface area contributed by atoms with E-state index < -0.39 is 11.4 Å². The van der Waals surface area contributed by atoms with E-state index >= 15 is 0 Å². The van der Waals surface area contributed by atoms with Gasteiger partial charge in [0.15, 0.2) is 0 Å². The molecule has 0 heterocycles. The molecule has 0 fully saturated rings. The number of hydrogen-bond acceptors (Lipinski definition) is 2. The zero-order valence-electron chi connectivity index (χ0n) is 11.6. The van der Waals surface area contributed by atoms with Gasteiger partial charge in [0.25, 0.3) is 0 Å². The first-order valence-corrected chi connectivity index (χ1v) is 6.38. The third kappa shape index (κ3) is 5.12. The molecule has 2 N–H and O–H groups in total. The number of nitrogens with one attached hydrogen (secondary N) is 1. The van der Waals surface area contributed by atoms with Gasteiger partial charge in [-0.2, -0.15) is 0 Å². The summed E-state index contributed by atoms with van der Waals surface area (Å²) in [5.74, 6) is -0.933. The summed E-state index contributed by atoms with van der Waals surface area (Å²) >= 11 is 0. The van der Waals surface area contributed by atoms with E-state index in [0.29, 0.717) is 6.42 Å². The van der Waals surface area contributed by atoms with E-state index in [-0.39, 0.29) is 18.4 Å². The molecular weight excluding hydrogens is 242 g/mol. The highest BCUT2D eigenvalue weighted by atomic mass is 16.4. The van der Waals surface area contributed by atoms with Crippen LogP contribution in [0.2, 0.25) is 0 Å². The van der Waals surface area contributed by atoms with Crippen LogP contribution in [0.15, 0.2) is 30.3 Å². The molecule has 0 aliphatic heterocycles. The summed E-state index contributed by atoms with van der Waals surface area (Å²) in [6, 6.07) is 9.19. The number of rotatable bonds is 5. The van der Waals surface area contributed by atoms with Crippen LogP contribution in [0.25, 0.3) is 0 Å². The molecule has 4 heteroatoms. The minimum atomic E-state index is -0.856. The van der Waals surface area contributed by atoms with E-state index in [1.807, 2.05) is 51.1 Å². The van der Waals surface area contributed by atoms with Crippen molar-refractivity contribution in [3.8, 4) is 0 Å². The third-order valence-corrected chi connectivity index (χ3v) is 2.84. The lowest BCUT2D eigenvalue weighted by atomic mass is 9.93. The van der Waals surface area contributed by atoms with Crippen molar-refractivity contribution in [3.63, 3.8) is 0 Å². The molecular formula is C15H21NO3. The van der Waals surface area contributed by atoms with Crippen LogP contribution in [0.5, 0.6) is 0 Å². The van der Waals surface area contributed by atoms with Gasteiger partial charge < -0.3 is 10.4 Å². The Morgan fingerprint density at radius 2 is 1.79 bits per heavy atom. The minimum absolute atomic E-state index is 0.0317. The van der Waals surface area contributed by atoms with Crippen molar-refractivity contribution in [2.75, 3.05) is 0 Å². The number of carboxylic acid groups (broad SMARTS) is 1. The first kappa shape index (κ1) is 15.2. The summed E-state index contributed by atoms with van der Waals surface area (Å²) in [4.78, 5) is 22.7. The quantitative estimate of drug-likeness (QED) is 0.858. The van der Waals surface area contributed by atoms with Crippen LogP contribution in [0.4, 0.5) is 0 Å². The molecule has 1 amide bonds. The number of aliphatic carboxylic acids is 1. The Hall–Kier alpha value is -1.84. The molecule has 1 aromatic carbocycles. The fourth-order valence-electron chi connectivity index (χ4n) is 1.65. The molecule has 0 radical (unpaired) electrons. The van der Waals surface area contributed by atoms with Crippen molar-refractivity contribution in [2.45, 2.75) is 39.7 Å². The average molecular weight is 263 g/mol. The highest BCUT2D eigenvalue weighted by molar-refractivity contribution is 5.81. The van der Waals surface area contributed by atoms with Crippen molar-refractivity contribution >= 4 is 11.9 Å². The number of benzene rings is 1. The highest BCUT2D eigenvalue weighted by Gasteiger charge is 2.24. The maximum absolute atomic E-state index is 12.0. The van der Waals surface area contributed by atoms with Gasteiger partial charge in [-0.3, -0.25) is 9.59 Å². The first-order chi connectivity index (χ1) is 8.80. The van der Waals surface area contributed by atoms with E-state index in [0.717, 1.165) is 5.56 Å². The minimum Gasteiger partial charge on any atom is -0.481 e. The van der Waals surface area contributed by atoms with Crippen LogP contribution in [-0.4, -0.2) is 17.0 Å². The van der Waals surface area contributed by atoms with Gasteiger partial charge in [0.05, 0.1) is 6.04 Å². The van der Waals surface area contributed by atoms with Crippen molar-refractivity contribution in [1.82, 2.24) is 5.32 Å². The number of carboxylic acids is 1. The van der Waals surface area contributed by atoms with Gasteiger partial charge in [0, 0.05) is 11.8 Å². The van der Waals surface area contributed by atoms with Gasteiger partial charge in [-0.1, -0.05) is 51.1 Å². The Morgan fingerprint density at radius 1 is 1.21 bits per heavy atom. The lowest BCUT2D eigenvalue weighted by Crippen LogP contribution is -2.37. The number of carbonyl (C=O) groups is 2. The van der Waals surface area contributed by atoms with Gasteiger partial charge in [-0.15, -0.1) is 0 Å². The van der Waals surface area contributed by atoms with Crippen molar-refractivity contribution < 1.29 is 14.7 Å². The fraction of sp³-hybridized carbons (Fsp3) is 0.467. The van der Waals surface area contributed by atoms with E-state index in [2.05, 4.69) is 5.32 Å². The second-order valence-corrected chi connectivity index (χ2v) is 5.62. The highest BCUT2D eigenvalue weighted by Crippen LogP contribution is 2.21. The van der Waals surface area contributed by atoms with Gasteiger partial charge in [-0.25, -0.2) is 0 Å². The zero-order chi connectivity index (χ0) is 14.5. The van der Waals surface area contributed by atoms with E-state index in [9.17, 15) is 9.59 Å². The maximum Gasteiger partial charge on any atom is 0.303 e. The molecule has 0 saturated carbocycles. The molecule has 19 heavy (non-hydrogen) atoms. The smallest absolute Gasteiger partial charge is 0.303 e. The molecule has 0 aromatic heterocycles. The normalized spacial score (nSPS) is 12.8. The standard InChI is InChI=1S/C15H21NO3/c1-15(2,3)14(19)16-12(9-10-13(17)18)11-7-5-4-6-8-11/h4-8,12H,9-10H2,1-3H3,(H,16,19)(H,17,18). The summed E-state index contributed by atoms with van der Waals surface area (Å²) < 4.78 is 0. The lowest BCUT2D eigenvalue weighted by Gasteiger charge is -2.24. The zero-order valence-corrected chi connectivity index (χ0v) is 11.6. The van der Waals surface area contributed by atoms with E-state index in [1.165, 1.54) is 0 Å². The van der Waals surface area contributed by atoms with Gasteiger partial charge in [0.1, 0.15) is 0 Å². The molecule has 1 unspecified atom stereocenters. The Morgan fingerprint density at radius 3 is 2.26 bits per heavy atom. The number of carbonyl (C=O) groups excluding carboxylic acids is 1. The molecule has 1 atom stereocenters. The predicted molar refractivity (Wildman–Crippen MR) is 73.7 cm³/mol. The number of hydrogen-bond donors (Lipinski definition) is 2. The average Bonchev–Trinajstić information content (AvgIpc) is 2.33. The van der Waals surface area contributed by atoms with E-state index in [1.54, 1.807) is 0 Å². The molecule has 0 bridgehead atoms. The van der Waals surface area contributed by atoms with Crippen LogP contribution in [-0.2, 0) is 9.59 Å². The second-order valence-electron chi connectivity index (χ2n) is 5.62. The molecule has 4 nitrogen and oxygen atoms in total. The third-order valence-electron chi connectivity index (χ3n) is 2.84. The number of amides is 1. The summed E-state index contributed by atoms with van der Waals surface area (Å²) in [5.41, 5.74) is 0.442. The van der Waals surface area contributed by atoms with E-state index in [4.69, 9.17) is 5.11 Å². The summed E-state index contributed by atoms with van der Waals surface area (Å²) in [7, 11) is 0. The molecule has 104 valence electrons. The Kier molecular flexibility index (Phi) is 5.10.